The summed E-state index contributed by atoms with van der Waals surface area (Å²) in [5, 5.41) is 3.46. The van der Waals surface area contributed by atoms with Crippen LogP contribution >= 0.6 is 0 Å². The number of nitrogens with zero attached hydrogens (tertiary/aromatic N) is 1. The van der Waals surface area contributed by atoms with Crippen molar-refractivity contribution in [2.75, 3.05) is 12.4 Å². The highest BCUT2D eigenvalue weighted by Crippen LogP contribution is 2.31. The van der Waals surface area contributed by atoms with Gasteiger partial charge in [0.15, 0.2) is 5.58 Å². The van der Waals surface area contributed by atoms with Gasteiger partial charge in [-0.3, -0.25) is 0 Å². The second-order valence-corrected chi connectivity index (χ2v) is 6.86. The molecule has 0 unspecified atom stereocenters. The van der Waals surface area contributed by atoms with Crippen LogP contribution in [-0.4, -0.2) is 18.1 Å². The minimum absolute atomic E-state index is 0.491. The van der Waals surface area contributed by atoms with Crippen LogP contribution in [0.1, 0.15) is 37.7 Å². The largest absolute Gasteiger partial charge is 0.497 e. The van der Waals surface area contributed by atoms with Crippen molar-refractivity contribution in [2.45, 2.75) is 45.1 Å². The van der Waals surface area contributed by atoms with Crippen molar-refractivity contribution >= 4 is 17.1 Å². The van der Waals surface area contributed by atoms with Gasteiger partial charge in [0.1, 0.15) is 11.3 Å². The smallest absolute Gasteiger partial charge is 0.295 e. The van der Waals surface area contributed by atoms with Gasteiger partial charge in [0.2, 0.25) is 0 Å². The van der Waals surface area contributed by atoms with Crippen LogP contribution in [0.5, 0.6) is 5.75 Å². The molecule has 25 heavy (non-hydrogen) atoms. The molecule has 1 aliphatic rings. The highest BCUT2D eigenvalue weighted by Gasteiger charge is 2.16. The van der Waals surface area contributed by atoms with Gasteiger partial charge in [0.25, 0.3) is 6.01 Å². The topological polar surface area (TPSA) is 47.3 Å². The maximum atomic E-state index is 5.89. The molecule has 1 N–H and O–H groups in total. The molecule has 0 radical (unpaired) electrons. The van der Waals surface area contributed by atoms with E-state index in [1.54, 1.807) is 7.11 Å². The zero-order valence-corrected chi connectivity index (χ0v) is 14.8. The summed E-state index contributed by atoms with van der Waals surface area (Å²) in [5.41, 5.74) is 5.24. The highest BCUT2D eigenvalue weighted by molar-refractivity contribution is 5.82. The molecule has 0 saturated heterocycles. The Labute approximate surface area is 148 Å². The molecule has 2 aromatic carbocycles. The predicted octanol–water partition coefficient (Wildman–Crippen LogP) is 5.56. The van der Waals surface area contributed by atoms with Crippen LogP contribution < -0.4 is 10.1 Å². The Morgan fingerprint density at radius 3 is 2.68 bits per heavy atom. The normalized spacial score (nSPS) is 15.4. The molecule has 0 amide bonds. The van der Waals surface area contributed by atoms with Gasteiger partial charge >= 0.3 is 0 Å². The van der Waals surface area contributed by atoms with Crippen molar-refractivity contribution in [3.8, 4) is 16.9 Å². The summed E-state index contributed by atoms with van der Waals surface area (Å²) in [7, 11) is 1.69. The van der Waals surface area contributed by atoms with E-state index >= 15 is 0 Å². The zero-order chi connectivity index (χ0) is 17.2. The number of aromatic nitrogens is 1. The summed E-state index contributed by atoms with van der Waals surface area (Å²) >= 11 is 0. The molecule has 4 heteroatoms. The Bertz CT molecular complexity index is 879. The van der Waals surface area contributed by atoms with Crippen LogP contribution in [0.15, 0.2) is 40.8 Å². The average Bonchev–Trinajstić information content (AvgIpc) is 3.03. The number of oxazole rings is 1. The lowest BCUT2D eigenvalue weighted by Gasteiger charge is -2.21. The fraction of sp³-hybridized carbons (Fsp3) is 0.381. The number of methoxy groups -OCH3 is 1. The molecule has 1 saturated carbocycles. The van der Waals surface area contributed by atoms with Gasteiger partial charge in [0.05, 0.1) is 7.11 Å². The fourth-order valence-electron chi connectivity index (χ4n) is 3.67. The lowest BCUT2D eigenvalue weighted by molar-refractivity contribution is 0.414. The van der Waals surface area contributed by atoms with Gasteiger partial charge in [-0.2, -0.15) is 4.98 Å². The molecule has 0 atom stereocenters. The zero-order valence-electron chi connectivity index (χ0n) is 14.8. The second kappa shape index (κ2) is 6.79. The molecule has 0 bridgehead atoms. The average molecular weight is 336 g/mol. The first-order chi connectivity index (χ1) is 12.2. The minimum Gasteiger partial charge on any atom is -0.497 e. The van der Waals surface area contributed by atoms with Gasteiger partial charge < -0.3 is 14.5 Å². The first-order valence-electron chi connectivity index (χ1n) is 9.05. The van der Waals surface area contributed by atoms with E-state index in [9.17, 15) is 0 Å². The van der Waals surface area contributed by atoms with Crippen molar-refractivity contribution in [2.24, 2.45) is 0 Å². The number of benzene rings is 2. The van der Waals surface area contributed by atoms with Crippen LogP contribution in [0.3, 0.4) is 0 Å². The maximum Gasteiger partial charge on any atom is 0.295 e. The molecule has 0 spiro atoms. The predicted molar refractivity (Wildman–Crippen MR) is 101 cm³/mol. The van der Waals surface area contributed by atoms with Gasteiger partial charge in [-0.05, 0) is 60.7 Å². The number of aryl methyl sites for hydroxylation is 1. The summed E-state index contributed by atoms with van der Waals surface area (Å²) in [6.07, 6.45) is 6.33. The Kier molecular flexibility index (Phi) is 4.35. The fourth-order valence-corrected chi connectivity index (χ4v) is 3.67. The summed E-state index contributed by atoms with van der Waals surface area (Å²) in [6, 6.07) is 13.5. The Morgan fingerprint density at radius 1 is 1.08 bits per heavy atom. The number of fused-ring (bicyclic) bond motifs is 1. The van der Waals surface area contributed by atoms with Gasteiger partial charge in [-0.25, -0.2) is 0 Å². The standard InChI is InChI=1S/C21H24N2O2/c1-14-12-17(24-2)9-10-18(14)15-8-11-20-19(13-15)23-21(25-20)22-16-6-4-3-5-7-16/h8-13,16H,3-7H2,1-2H3,(H,22,23). The molecule has 0 aliphatic heterocycles. The van der Waals surface area contributed by atoms with Crippen molar-refractivity contribution in [1.29, 1.82) is 0 Å². The van der Waals surface area contributed by atoms with Gasteiger partial charge in [0, 0.05) is 6.04 Å². The molecule has 1 aliphatic carbocycles. The van der Waals surface area contributed by atoms with E-state index in [0.717, 1.165) is 22.4 Å². The molecular formula is C21H24N2O2. The molecule has 1 aromatic heterocycles. The van der Waals surface area contributed by atoms with Crippen LogP contribution in [0.2, 0.25) is 0 Å². The number of nitrogens with one attached hydrogen (secondary N) is 1. The number of anilines is 1. The summed E-state index contributed by atoms with van der Waals surface area (Å²) < 4.78 is 11.2. The lowest BCUT2D eigenvalue weighted by Crippen LogP contribution is -2.22. The van der Waals surface area contributed by atoms with Crippen molar-refractivity contribution < 1.29 is 9.15 Å². The molecular weight excluding hydrogens is 312 g/mol. The van der Waals surface area contributed by atoms with Gasteiger partial charge in [-0.1, -0.05) is 31.4 Å². The molecule has 130 valence electrons. The van der Waals surface area contributed by atoms with E-state index in [4.69, 9.17) is 9.15 Å². The summed E-state index contributed by atoms with van der Waals surface area (Å²) in [4.78, 5) is 4.65. The number of hydrogen-bond acceptors (Lipinski definition) is 4. The van der Waals surface area contributed by atoms with E-state index in [0.29, 0.717) is 12.1 Å². The third-order valence-corrected chi connectivity index (χ3v) is 5.06. The van der Waals surface area contributed by atoms with Crippen LogP contribution in [0.25, 0.3) is 22.2 Å². The van der Waals surface area contributed by atoms with E-state index in [1.165, 1.54) is 43.2 Å². The third kappa shape index (κ3) is 3.34. The van der Waals surface area contributed by atoms with Gasteiger partial charge in [-0.15, -0.1) is 0 Å². The van der Waals surface area contributed by atoms with Crippen LogP contribution in [0.4, 0.5) is 6.01 Å². The van der Waals surface area contributed by atoms with Crippen LogP contribution in [-0.2, 0) is 0 Å². The molecule has 4 nitrogen and oxygen atoms in total. The SMILES string of the molecule is COc1ccc(-c2ccc3oc(NC4CCCCC4)nc3c2)c(C)c1. The minimum atomic E-state index is 0.491. The highest BCUT2D eigenvalue weighted by atomic mass is 16.5. The van der Waals surface area contributed by atoms with E-state index in [-0.39, 0.29) is 0 Å². The quantitative estimate of drug-likeness (QED) is 0.678. The first-order valence-corrected chi connectivity index (χ1v) is 9.05. The maximum absolute atomic E-state index is 5.89. The van der Waals surface area contributed by atoms with Crippen LogP contribution in [0, 0.1) is 6.92 Å². The number of ether oxygens (including phenoxy) is 1. The monoisotopic (exact) mass is 336 g/mol. The van der Waals surface area contributed by atoms with E-state index in [2.05, 4.69) is 41.5 Å². The number of rotatable bonds is 4. The second-order valence-electron chi connectivity index (χ2n) is 6.86. The van der Waals surface area contributed by atoms with Crippen molar-refractivity contribution in [3.63, 3.8) is 0 Å². The Balaban J connectivity index is 1.61. The van der Waals surface area contributed by atoms with E-state index in [1.807, 2.05) is 12.1 Å². The Hall–Kier alpha value is -2.49. The summed E-state index contributed by atoms with van der Waals surface area (Å²) in [6.45, 7) is 2.10. The Morgan fingerprint density at radius 2 is 1.92 bits per heavy atom. The summed E-state index contributed by atoms with van der Waals surface area (Å²) in [5.74, 6) is 0.878. The third-order valence-electron chi connectivity index (χ3n) is 5.06. The molecule has 1 fully saturated rings. The molecule has 4 rings (SSSR count). The first kappa shape index (κ1) is 16.0. The van der Waals surface area contributed by atoms with Crippen molar-refractivity contribution in [1.82, 2.24) is 4.98 Å². The lowest BCUT2D eigenvalue weighted by atomic mass is 9.96. The molecule has 1 heterocycles. The number of hydrogen-bond donors (Lipinski definition) is 1. The van der Waals surface area contributed by atoms with E-state index < -0.39 is 0 Å². The van der Waals surface area contributed by atoms with Crippen molar-refractivity contribution in [3.05, 3.63) is 42.0 Å². The molecule has 3 aromatic rings.